The number of nitrogens with zero attached hydrogens (tertiary/aromatic N) is 1. The monoisotopic (exact) mass is 214 g/mol. The molecule has 0 radical (unpaired) electrons. The van der Waals surface area contributed by atoms with E-state index in [0.717, 1.165) is 25.6 Å². The Kier molecular flexibility index (Phi) is 3.80. The topological polar surface area (TPSA) is 49.5 Å². The Morgan fingerprint density at radius 1 is 1.33 bits per heavy atom. The Hall–Kier alpha value is -0.120. The molecule has 1 aliphatic heterocycles. The van der Waals surface area contributed by atoms with Crippen molar-refractivity contribution in [3.05, 3.63) is 0 Å². The summed E-state index contributed by atoms with van der Waals surface area (Å²) < 4.78 is 0. The molecule has 0 aromatic heterocycles. The lowest BCUT2D eigenvalue weighted by atomic mass is 9.80. The first-order valence-corrected chi connectivity index (χ1v) is 5.87. The van der Waals surface area contributed by atoms with Crippen molar-refractivity contribution in [2.75, 3.05) is 26.2 Å². The lowest BCUT2D eigenvalue weighted by Gasteiger charge is -2.30. The van der Waals surface area contributed by atoms with Crippen LogP contribution in [0.2, 0.25) is 0 Å². The summed E-state index contributed by atoms with van der Waals surface area (Å²) >= 11 is 0. The number of aliphatic hydroxyl groups excluding tert-OH is 1. The normalized spacial score (nSPS) is 28.0. The maximum Gasteiger partial charge on any atom is 0.0621 e. The molecular formula is C12H26N2O. The van der Waals surface area contributed by atoms with Crippen molar-refractivity contribution in [3.63, 3.8) is 0 Å². The number of nitrogens with two attached hydrogens (primary N) is 1. The predicted molar refractivity (Wildman–Crippen MR) is 63.7 cm³/mol. The smallest absolute Gasteiger partial charge is 0.0621 e. The van der Waals surface area contributed by atoms with Crippen LogP contribution >= 0.6 is 0 Å². The molecule has 1 heterocycles. The van der Waals surface area contributed by atoms with E-state index in [4.69, 9.17) is 10.8 Å². The van der Waals surface area contributed by atoms with Gasteiger partial charge in [-0.2, -0.15) is 0 Å². The highest BCUT2D eigenvalue weighted by Gasteiger charge is 2.33. The lowest BCUT2D eigenvalue weighted by Crippen LogP contribution is -2.50. The second-order valence-corrected chi connectivity index (χ2v) is 6.40. The van der Waals surface area contributed by atoms with Crippen molar-refractivity contribution in [1.29, 1.82) is 0 Å². The van der Waals surface area contributed by atoms with Gasteiger partial charge < -0.3 is 15.7 Å². The van der Waals surface area contributed by atoms with Gasteiger partial charge >= 0.3 is 0 Å². The van der Waals surface area contributed by atoms with Crippen LogP contribution in [0, 0.1) is 11.3 Å². The van der Waals surface area contributed by atoms with Gasteiger partial charge in [0.2, 0.25) is 0 Å². The van der Waals surface area contributed by atoms with E-state index in [1.165, 1.54) is 6.42 Å². The van der Waals surface area contributed by atoms with E-state index in [9.17, 15) is 0 Å². The van der Waals surface area contributed by atoms with Crippen molar-refractivity contribution in [1.82, 2.24) is 4.90 Å². The van der Waals surface area contributed by atoms with Gasteiger partial charge in [0.25, 0.3) is 0 Å². The molecule has 1 rings (SSSR count). The zero-order valence-corrected chi connectivity index (χ0v) is 10.6. The predicted octanol–water partition coefficient (Wildman–Crippen LogP) is 1.06. The fraction of sp³-hybridized carbons (Fsp3) is 1.00. The zero-order chi connectivity index (χ0) is 11.7. The SMILES string of the molecule is CC(N)(CO)CN1CCC(C(C)(C)C)C1. The lowest BCUT2D eigenvalue weighted by molar-refractivity contribution is 0.152. The van der Waals surface area contributed by atoms with E-state index in [1.807, 2.05) is 6.92 Å². The molecule has 3 heteroatoms. The molecule has 90 valence electrons. The molecule has 0 spiro atoms. The van der Waals surface area contributed by atoms with Crippen LogP contribution in [-0.4, -0.2) is 41.8 Å². The minimum absolute atomic E-state index is 0.0592. The van der Waals surface area contributed by atoms with Crippen LogP contribution in [0.5, 0.6) is 0 Å². The number of aliphatic hydroxyl groups is 1. The van der Waals surface area contributed by atoms with Crippen LogP contribution in [-0.2, 0) is 0 Å². The number of rotatable bonds is 3. The standard InChI is InChI=1S/C12H26N2O/c1-11(2,3)10-5-6-14(7-10)8-12(4,13)9-15/h10,15H,5-9,13H2,1-4H3. The van der Waals surface area contributed by atoms with E-state index in [1.54, 1.807) is 0 Å². The highest BCUT2D eigenvalue weighted by Crippen LogP contribution is 2.33. The second-order valence-electron chi connectivity index (χ2n) is 6.40. The first-order valence-electron chi connectivity index (χ1n) is 5.87. The van der Waals surface area contributed by atoms with Crippen LogP contribution < -0.4 is 5.73 Å². The Bertz CT molecular complexity index is 208. The maximum absolute atomic E-state index is 9.13. The van der Waals surface area contributed by atoms with Crippen molar-refractivity contribution >= 4 is 0 Å². The fourth-order valence-corrected chi connectivity index (χ4v) is 2.24. The van der Waals surface area contributed by atoms with Gasteiger partial charge in [0.05, 0.1) is 6.61 Å². The number of likely N-dealkylation sites (tertiary alicyclic amines) is 1. The molecule has 2 unspecified atom stereocenters. The summed E-state index contributed by atoms with van der Waals surface area (Å²) in [6, 6.07) is 0. The molecule has 3 N–H and O–H groups in total. The third-order valence-electron chi connectivity index (χ3n) is 3.44. The largest absolute Gasteiger partial charge is 0.394 e. The third kappa shape index (κ3) is 3.74. The van der Waals surface area contributed by atoms with E-state index in [0.29, 0.717) is 5.41 Å². The Morgan fingerprint density at radius 3 is 2.33 bits per heavy atom. The molecule has 15 heavy (non-hydrogen) atoms. The summed E-state index contributed by atoms with van der Waals surface area (Å²) in [5.41, 5.74) is 5.89. The minimum atomic E-state index is -0.452. The summed E-state index contributed by atoms with van der Waals surface area (Å²) in [7, 11) is 0. The van der Waals surface area contributed by atoms with Gasteiger partial charge in [-0.15, -0.1) is 0 Å². The molecule has 0 bridgehead atoms. The maximum atomic E-state index is 9.13. The Labute approximate surface area is 93.6 Å². The van der Waals surface area contributed by atoms with Gasteiger partial charge in [-0.05, 0) is 31.2 Å². The van der Waals surface area contributed by atoms with Crippen LogP contribution in [0.4, 0.5) is 0 Å². The van der Waals surface area contributed by atoms with Crippen molar-refractivity contribution in [2.45, 2.75) is 39.7 Å². The summed E-state index contributed by atoms with van der Waals surface area (Å²) in [4.78, 5) is 2.38. The van der Waals surface area contributed by atoms with Crippen LogP contribution in [0.15, 0.2) is 0 Å². The average Bonchev–Trinajstić information content (AvgIpc) is 2.51. The molecule has 0 aromatic carbocycles. The summed E-state index contributed by atoms with van der Waals surface area (Å²) in [5, 5.41) is 9.13. The Morgan fingerprint density at radius 2 is 1.93 bits per heavy atom. The fourth-order valence-electron chi connectivity index (χ4n) is 2.24. The zero-order valence-electron chi connectivity index (χ0n) is 10.6. The second kappa shape index (κ2) is 4.40. The summed E-state index contributed by atoms with van der Waals surface area (Å²) in [6.07, 6.45) is 1.25. The molecule has 1 aliphatic rings. The third-order valence-corrected chi connectivity index (χ3v) is 3.44. The molecule has 1 saturated heterocycles. The molecule has 0 aromatic rings. The van der Waals surface area contributed by atoms with Gasteiger partial charge in [-0.3, -0.25) is 0 Å². The molecule has 1 fully saturated rings. The highest BCUT2D eigenvalue weighted by molar-refractivity contribution is 4.89. The van der Waals surface area contributed by atoms with E-state index in [2.05, 4.69) is 25.7 Å². The number of hydrogen-bond donors (Lipinski definition) is 2. The van der Waals surface area contributed by atoms with Crippen molar-refractivity contribution in [2.24, 2.45) is 17.1 Å². The van der Waals surface area contributed by atoms with Crippen LogP contribution in [0.3, 0.4) is 0 Å². The van der Waals surface area contributed by atoms with E-state index in [-0.39, 0.29) is 6.61 Å². The van der Waals surface area contributed by atoms with Crippen LogP contribution in [0.25, 0.3) is 0 Å². The minimum Gasteiger partial charge on any atom is -0.394 e. The summed E-state index contributed by atoms with van der Waals surface area (Å²) in [5.74, 6) is 0.756. The molecule has 0 amide bonds. The molecule has 0 aliphatic carbocycles. The van der Waals surface area contributed by atoms with Gasteiger partial charge in [0, 0.05) is 18.6 Å². The first-order chi connectivity index (χ1) is 6.74. The summed E-state index contributed by atoms with van der Waals surface area (Å²) in [6.45, 7) is 11.9. The molecular weight excluding hydrogens is 188 g/mol. The molecule has 0 saturated carbocycles. The van der Waals surface area contributed by atoms with Crippen LogP contribution in [0.1, 0.15) is 34.1 Å². The van der Waals surface area contributed by atoms with Crippen molar-refractivity contribution < 1.29 is 5.11 Å². The quantitative estimate of drug-likeness (QED) is 0.738. The average molecular weight is 214 g/mol. The Balaban J connectivity index is 2.44. The van der Waals surface area contributed by atoms with Crippen molar-refractivity contribution in [3.8, 4) is 0 Å². The van der Waals surface area contributed by atoms with Gasteiger partial charge in [-0.1, -0.05) is 20.8 Å². The van der Waals surface area contributed by atoms with Gasteiger partial charge in [0.15, 0.2) is 0 Å². The highest BCUT2D eigenvalue weighted by atomic mass is 16.3. The number of hydrogen-bond acceptors (Lipinski definition) is 3. The molecule has 2 atom stereocenters. The molecule has 3 nitrogen and oxygen atoms in total. The van der Waals surface area contributed by atoms with Gasteiger partial charge in [-0.25, -0.2) is 0 Å². The van der Waals surface area contributed by atoms with Gasteiger partial charge in [0.1, 0.15) is 0 Å². The van der Waals surface area contributed by atoms with E-state index >= 15 is 0 Å². The van der Waals surface area contributed by atoms with E-state index < -0.39 is 5.54 Å². The first kappa shape index (κ1) is 12.9.